The number of aliphatic hydroxyl groups excluding tert-OH is 5. The Kier molecular flexibility index (Phi) is 56.8. The summed E-state index contributed by atoms with van der Waals surface area (Å²) in [4.78, 5) is 13.1. The Labute approximate surface area is 484 Å². The Morgan fingerprint density at radius 3 is 1.04 bits per heavy atom. The van der Waals surface area contributed by atoms with Gasteiger partial charge in [0.25, 0.3) is 0 Å². The van der Waals surface area contributed by atoms with Gasteiger partial charge in [0, 0.05) is 6.42 Å². The lowest BCUT2D eigenvalue weighted by atomic mass is 9.99. The van der Waals surface area contributed by atoms with Crippen molar-refractivity contribution in [3.8, 4) is 0 Å². The van der Waals surface area contributed by atoms with Crippen LogP contribution in [0.2, 0.25) is 0 Å². The van der Waals surface area contributed by atoms with Gasteiger partial charge >= 0.3 is 0 Å². The fraction of sp³-hybridized carbons (Fsp3) is 0.957. The van der Waals surface area contributed by atoms with Gasteiger partial charge in [0.15, 0.2) is 6.29 Å². The van der Waals surface area contributed by atoms with Crippen LogP contribution in [0.3, 0.4) is 0 Å². The molecule has 0 aliphatic carbocycles. The molecule has 1 saturated heterocycles. The molecule has 1 aliphatic heterocycles. The number of carbonyl (C=O) groups is 1. The molecule has 464 valence electrons. The summed E-state index contributed by atoms with van der Waals surface area (Å²) in [5.74, 6) is -0.136. The number of nitrogens with one attached hydrogen (secondary N) is 1. The van der Waals surface area contributed by atoms with E-state index in [1.807, 2.05) is 0 Å². The van der Waals surface area contributed by atoms with Crippen LogP contribution in [0, 0.1) is 0 Å². The van der Waals surface area contributed by atoms with Gasteiger partial charge in [0.05, 0.1) is 25.4 Å². The number of aliphatic hydroxyl groups is 5. The maximum absolute atomic E-state index is 13.1. The lowest BCUT2D eigenvalue weighted by Gasteiger charge is -2.40. The van der Waals surface area contributed by atoms with Crippen LogP contribution in [-0.4, -0.2) is 87.5 Å². The number of hydrogen-bond donors (Lipinski definition) is 6. The zero-order valence-corrected chi connectivity index (χ0v) is 52.0. The fourth-order valence-electron chi connectivity index (χ4n) is 11.6. The van der Waals surface area contributed by atoms with E-state index in [1.54, 1.807) is 0 Å². The first kappa shape index (κ1) is 74.9. The predicted molar refractivity (Wildman–Crippen MR) is 332 cm³/mol. The second-order valence-corrected chi connectivity index (χ2v) is 24.7. The smallest absolute Gasteiger partial charge is 0.220 e. The van der Waals surface area contributed by atoms with Crippen molar-refractivity contribution in [2.75, 3.05) is 13.2 Å². The molecule has 0 bridgehead atoms. The molecule has 7 unspecified atom stereocenters. The molecule has 1 aliphatic rings. The maximum atomic E-state index is 13.1. The molecular formula is C69H135NO8. The minimum atomic E-state index is -1.55. The largest absolute Gasteiger partial charge is 0.394 e. The van der Waals surface area contributed by atoms with E-state index in [1.165, 1.54) is 302 Å². The molecule has 1 rings (SSSR count). The fourth-order valence-corrected chi connectivity index (χ4v) is 11.6. The second kappa shape index (κ2) is 59.1. The van der Waals surface area contributed by atoms with Gasteiger partial charge in [0.2, 0.25) is 5.91 Å². The number of allylic oxidation sites excluding steroid dienone is 2. The Morgan fingerprint density at radius 2 is 0.718 bits per heavy atom. The zero-order chi connectivity index (χ0) is 56.5. The van der Waals surface area contributed by atoms with E-state index in [0.717, 1.165) is 38.5 Å². The van der Waals surface area contributed by atoms with Crippen molar-refractivity contribution >= 4 is 5.91 Å². The van der Waals surface area contributed by atoms with Crippen molar-refractivity contribution in [2.45, 2.75) is 410 Å². The molecule has 1 fully saturated rings. The van der Waals surface area contributed by atoms with Gasteiger partial charge in [0.1, 0.15) is 24.4 Å². The van der Waals surface area contributed by atoms with Gasteiger partial charge in [-0.15, -0.1) is 0 Å². The summed E-state index contributed by atoms with van der Waals surface area (Å²) >= 11 is 0. The van der Waals surface area contributed by atoms with Crippen molar-refractivity contribution in [1.82, 2.24) is 5.32 Å². The molecule has 9 heteroatoms. The summed E-state index contributed by atoms with van der Waals surface area (Å²) in [5.41, 5.74) is 0. The predicted octanol–water partition coefficient (Wildman–Crippen LogP) is 18.7. The van der Waals surface area contributed by atoms with Crippen LogP contribution in [0.1, 0.15) is 367 Å². The number of unbranched alkanes of at least 4 members (excludes halogenated alkanes) is 50. The molecule has 0 aromatic heterocycles. The Bertz CT molecular complexity index is 1240. The highest BCUT2D eigenvalue weighted by Gasteiger charge is 2.44. The molecule has 0 spiro atoms. The van der Waals surface area contributed by atoms with Crippen LogP contribution in [0.4, 0.5) is 0 Å². The monoisotopic (exact) mass is 1110 g/mol. The normalized spacial score (nSPS) is 18.6. The first-order valence-electron chi connectivity index (χ1n) is 34.9. The summed E-state index contributed by atoms with van der Waals surface area (Å²) in [6, 6.07) is -0.717. The highest BCUT2D eigenvalue weighted by Crippen LogP contribution is 2.24. The first-order valence-corrected chi connectivity index (χ1v) is 34.9. The minimum Gasteiger partial charge on any atom is -0.394 e. The third kappa shape index (κ3) is 47.4. The van der Waals surface area contributed by atoms with Gasteiger partial charge in [-0.2, -0.15) is 0 Å². The molecule has 1 amide bonds. The molecular weight excluding hydrogens is 971 g/mol. The molecule has 9 nitrogen and oxygen atoms in total. The van der Waals surface area contributed by atoms with Crippen LogP contribution in [0.5, 0.6) is 0 Å². The number of hydrogen-bond acceptors (Lipinski definition) is 8. The Morgan fingerprint density at radius 1 is 0.423 bits per heavy atom. The molecule has 0 radical (unpaired) electrons. The van der Waals surface area contributed by atoms with Crippen LogP contribution in [0.25, 0.3) is 0 Å². The molecule has 1 heterocycles. The summed E-state index contributed by atoms with van der Waals surface area (Å²) in [7, 11) is 0. The summed E-state index contributed by atoms with van der Waals surface area (Å²) in [6.45, 7) is 3.90. The quantitative estimate of drug-likeness (QED) is 0.0261. The highest BCUT2D eigenvalue weighted by atomic mass is 16.7. The van der Waals surface area contributed by atoms with E-state index in [4.69, 9.17) is 9.47 Å². The topological polar surface area (TPSA) is 149 Å². The van der Waals surface area contributed by atoms with Crippen LogP contribution >= 0.6 is 0 Å². The van der Waals surface area contributed by atoms with Crippen molar-refractivity contribution in [3.63, 3.8) is 0 Å². The molecule has 78 heavy (non-hydrogen) atoms. The lowest BCUT2D eigenvalue weighted by Crippen LogP contribution is -2.60. The summed E-state index contributed by atoms with van der Waals surface area (Å²) in [5, 5.41) is 54.9. The zero-order valence-electron chi connectivity index (χ0n) is 52.0. The molecule has 7 atom stereocenters. The van der Waals surface area contributed by atoms with E-state index in [-0.39, 0.29) is 12.5 Å². The van der Waals surface area contributed by atoms with E-state index in [9.17, 15) is 30.3 Å². The molecule has 0 aromatic rings. The lowest BCUT2D eigenvalue weighted by molar-refractivity contribution is -0.302. The maximum Gasteiger partial charge on any atom is 0.220 e. The van der Waals surface area contributed by atoms with Crippen molar-refractivity contribution in [1.29, 1.82) is 0 Å². The van der Waals surface area contributed by atoms with Gasteiger partial charge < -0.3 is 40.3 Å². The first-order chi connectivity index (χ1) is 38.3. The van der Waals surface area contributed by atoms with Crippen molar-refractivity contribution in [3.05, 3.63) is 12.2 Å². The van der Waals surface area contributed by atoms with Gasteiger partial charge in [-0.25, -0.2) is 0 Å². The van der Waals surface area contributed by atoms with E-state index in [2.05, 4.69) is 31.3 Å². The highest BCUT2D eigenvalue weighted by molar-refractivity contribution is 5.76. The van der Waals surface area contributed by atoms with Crippen molar-refractivity contribution < 1.29 is 39.8 Å². The third-order valence-corrected chi connectivity index (χ3v) is 17.1. The van der Waals surface area contributed by atoms with Gasteiger partial charge in [-0.1, -0.05) is 334 Å². The average molecular weight is 1110 g/mol. The van der Waals surface area contributed by atoms with Gasteiger partial charge in [-0.05, 0) is 38.5 Å². The number of ether oxygens (including phenoxy) is 2. The second-order valence-electron chi connectivity index (χ2n) is 24.7. The SMILES string of the molecule is CCCCCCCCCCCCCC/C=C\CCCCCCCCCCCCCCCCCC(=O)NC(COC1OC(CO)C(O)C(O)C1O)C(O)CCCCCCCCCCCCCCCCCCCCCCCCCC. The molecule has 6 N–H and O–H groups in total. The Balaban J connectivity index is 2.10. The summed E-state index contributed by atoms with van der Waals surface area (Å²) < 4.78 is 11.4. The summed E-state index contributed by atoms with van der Waals surface area (Å²) in [6.07, 6.45) is 68.5. The molecule has 0 saturated carbocycles. The molecule has 0 aromatic carbocycles. The van der Waals surface area contributed by atoms with E-state index in [0.29, 0.717) is 12.8 Å². The van der Waals surface area contributed by atoms with E-state index >= 15 is 0 Å². The van der Waals surface area contributed by atoms with Crippen LogP contribution < -0.4 is 5.32 Å². The third-order valence-electron chi connectivity index (χ3n) is 17.1. The van der Waals surface area contributed by atoms with E-state index < -0.39 is 49.5 Å². The number of rotatable bonds is 62. The minimum absolute atomic E-state index is 0.132. The standard InChI is InChI=1S/C69H135NO8/c1-3-5-7-9-11-13-15-17-19-21-23-25-27-29-30-31-32-33-34-35-37-39-41-43-45-47-49-51-53-55-57-59-65(73)70-62(61-77-69-68(76)67(75)66(74)64(60-71)78-69)63(72)58-56-54-52-50-48-46-44-42-40-38-36-28-26-24-22-20-18-16-14-12-10-8-6-4-2/h29-30,62-64,66-69,71-72,74-76H,3-28,31-61H2,1-2H3,(H,70,73)/b30-29-. The van der Waals surface area contributed by atoms with Gasteiger partial charge in [-0.3, -0.25) is 4.79 Å². The average Bonchev–Trinajstić information content (AvgIpc) is 3.45. The number of carbonyl (C=O) groups excluding carboxylic acids is 1. The van der Waals surface area contributed by atoms with Crippen LogP contribution in [0.15, 0.2) is 12.2 Å². The van der Waals surface area contributed by atoms with Crippen molar-refractivity contribution in [2.24, 2.45) is 0 Å². The van der Waals surface area contributed by atoms with Crippen LogP contribution in [-0.2, 0) is 14.3 Å². The Hall–Kier alpha value is -1.07. The number of amides is 1.